The standard InChI is InChI=1S/C56H42N4O/c1-55(2)27-28-56(3,4)44-32-48-40(29-43(44)55)41-30-47-42(31-46(41)59(48)35-18-6-5-7-19-35)50-37-21-11-9-16-34(37)25-26-45(50)60(47)54-57-52(38-23-14-17-33-15-8-10-20-36(33)38)51-39-22-12-13-24-49(39)61-53(51)58-54/h5-26,29-32H,27-28H2,1-4H3. The summed E-state index contributed by atoms with van der Waals surface area (Å²) in [5, 5.41) is 11.4. The van der Waals surface area contributed by atoms with Crippen molar-refractivity contribution in [2.45, 2.75) is 51.4 Å². The molecule has 0 bridgehead atoms. The monoisotopic (exact) mass is 786 g/mol. The molecule has 0 spiro atoms. The predicted molar refractivity (Wildman–Crippen MR) is 254 cm³/mol. The number of para-hydroxylation sites is 2. The highest BCUT2D eigenvalue weighted by molar-refractivity contribution is 6.25. The van der Waals surface area contributed by atoms with Crippen molar-refractivity contribution in [3.8, 4) is 22.9 Å². The molecule has 0 radical (unpaired) electrons. The molecule has 8 aromatic carbocycles. The van der Waals surface area contributed by atoms with Gasteiger partial charge in [0.15, 0.2) is 0 Å². The molecule has 61 heavy (non-hydrogen) atoms. The summed E-state index contributed by atoms with van der Waals surface area (Å²) in [5.74, 6) is 0.580. The Bertz CT molecular complexity index is 3820. The van der Waals surface area contributed by atoms with Gasteiger partial charge in [-0.15, -0.1) is 0 Å². The number of hydrogen-bond acceptors (Lipinski definition) is 3. The number of rotatable bonds is 3. The van der Waals surface area contributed by atoms with E-state index in [0.717, 1.165) is 73.3 Å². The summed E-state index contributed by atoms with van der Waals surface area (Å²) in [6.45, 7) is 9.68. The molecule has 0 unspecified atom stereocenters. The first-order chi connectivity index (χ1) is 29.7. The van der Waals surface area contributed by atoms with E-state index < -0.39 is 0 Å². The average molecular weight is 787 g/mol. The molecular weight excluding hydrogens is 745 g/mol. The molecule has 4 aromatic heterocycles. The fraction of sp³-hybridized carbons (Fsp3) is 0.143. The van der Waals surface area contributed by atoms with Gasteiger partial charge in [0, 0.05) is 38.2 Å². The van der Waals surface area contributed by atoms with Crippen LogP contribution in [0.3, 0.4) is 0 Å². The Morgan fingerprint density at radius 3 is 1.87 bits per heavy atom. The van der Waals surface area contributed by atoms with Crippen LogP contribution in [0.1, 0.15) is 51.7 Å². The van der Waals surface area contributed by atoms with Crippen LogP contribution in [-0.4, -0.2) is 19.1 Å². The molecule has 12 aromatic rings. The van der Waals surface area contributed by atoms with Crippen molar-refractivity contribution in [1.29, 1.82) is 0 Å². The summed E-state index contributed by atoms with van der Waals surface area (Å²) >= 11 is 0. The maximum Gasteiger partial charge on any atom is 0.238 e. The molecule has 1 aliphatic carbocycles. The lowest BCUT2D eigenvalue weighted by Crippen LogP contribution is -2.33. The molecule has 0 fully saturated rings. The zero-order valence-corrected chi connectivity index (χ0v) is 34.6. The highest BCUT2D eigenvalue weighted by atomic mass is 16.3. The molecule has 5 heteroatoms. The average Bonchev–Trinajstić information content (AvgIpc) is 3.93. The third kappa shape index (κ3) is 4.83. The molecule has 4 heterocycles. The zero-order valence-electron chi connectivity index (χ0n) is 34.6. The van der Waals surface area contributed by atoms with Crippen molar-refractivity contribution in [3.63, 3.8) is 0 Å². The molecule has 0 N–H and O–H groups in total. The first-order valence-electron chi connectivity index (χ1n) is 21.5. The third-order valence-electron chi connectivity index (χ3n) is 14.0. The van der Waals surface area contributed by atoms with E-state index in [0.29, 0.717) is 11.7 Å². The van der Waals surface area contributed by atoms with Gasteiger partial charge in [-0.2, -0.15) is 4.98 Å². The second-order valence-corrected chi connectivity index (χ2v) is 18.4. The molecular formula is C56H42N4O. The van der Waals surface area contributed by atoms with Crippen LogP contribution in [0.5, 0.6) is 0 Å². The maximum atomic E-state index is 6.66. The summed E-state index contributed by atoms with van der Waals surface area (Å²) in [4.78, 5) is 11.0. The van der Waals surface area contributed by atoms with Gasteiger partial charge in [-0.3, -0.25) is 4.57 Å². The van der Waals surface area contributed by atoms with Crippen molar-refractivity contribution in [2.75, 3.05) is 0 Å². The second kappa shape index (κ2) is 12.2. The summed E-state index contributed by atoms with van der Waals surface area (Å²) in [5.41, 5.74) is 12.0. The van der Waals surface area contributed by atoms with Gasteiger partial charge >= 0.3 is 0 Å². The Labute approximate surface area is 352 Å². The summed E-state index contributed by atoms with van der Waals surface area (Å²) in [7, 11) is 0. The Kier molecular flexibility index (Phi) is 6.91. The fourth-order valence-electron chi connectivity index (χ4n) is 10.8. The van der Waals surface area contributed by atoms with Gasteiger partial charge in [-0.1, -0.05) is 137 Å². The Balaban J connectivity index is 1.21. The predicted octanol–water partition coefficient (Wildman–Crippen LogP) is 14.9. The number of nitrogens with zero attached hydrogens (tertiary/aromatic N) is 4. The minimum Gasteiger partial charge on any atom is -0.437 e. The molecule has 0 amide bonds. The number of aromatic nitrogens is 4. The lowest BCUT2D eigenvalue weighted by atomic mass is 9.63. The van der Waals surface area contributed by atoms with Crippen LogP contribution in [0.4, 0.5) is 0 Å². The topological polar surface area (TPSA) is 48.8 Å². The van der Waals surface area contributed by atoms with Crippen LogP contribution in [0.2, 0.25) is 0 Å². The van der Waals surface area contributed by atoms with E-state index in [1.807, 2.05) is 12.1 Å². The first kappa shape index (κ1) is 34.6. The van der Waals surface area contributed by atoms with E-state index in [4.69, 9.17) is 14.4 Å². The third-order valence-corrected chi connectivity index (χ3v) is 14.0. The molecule has 0 aliphatic heterocycles. The minimum atomic E-state index is 0.0615. The van der Waals surface area contributed by atoms with E-state index >= 15 is 0 Å². The van der Waals surface area contributed by atoms with E-state index in [-0.39, 0.29) is 10.8 Å². The van der Waals surface area contributed by atoms with Crippen molar-refractivity contribution in [2.24, 2.45) is 0 Å². The lowest BCUT2D eigenvalue weighted by Gasteiger charge is -2.42. The summed E-state index contributed by atoms with van der Waals surface area (Å²) in [6, 6.07) is 57.2. The largest absolute Gasteiger partial charge is 0.437 e. The summed E-state index contributed by atoms with van der Waals surface area (Å²) in [6.07, 6.45) is 2.32. The molecule has 13 rings (SSSR count). The molecule has 0 saturated heterocycles. The Hall–Kier alpha value is -7.24. The molecule has 5 nitrogen and oxygen atoms in total. The van der Waals surface area contributed by atoms with Crippen LogP contribution in [0.25, 0.3) is 110 Å². The van der Waals surface area contributed by atoms with Gasteiger partial charge < -0.3 is 8.98 Å². The highest BCUT2D eigenvalue weighted by Gasteiger charge is 2.38. The van der Waals surface area contributed by atoms with Crippen LogP contribution in [0, 0.1) is 0 Å². The van der Waals surface area contributed by atoms with Gasteiger partial charge in [0.25, 0.3) is 0 Å². The van der Waals surface area contributed by atoms with E-state index in [9.17, 15) is 0 Å². The smallest absolute Gasteiger partial charge is 0.238 e. The van der Waals surface area contributed by atoms with Crippen LogP contribution in [-0.2, 0) is 10.8 Å². The maximum absolute atomic E-state index is 6.66. The quantitative estimate of drug-likeness (QED) is 0.179. The van der Waals surface area contributed by atoms with Gasteiger partial charge in [-0.05, 0) is 105 Å². The first-order valence-corrected chi connectivity index (χ1v) is 21.5. The number of furan rings is 1. The van der Waals surface area contributed by atoms with Crippen molar-refractivity contribution in [3.05, 3.63) is 169 Å². The van der Waals surface area contributed by atoms with E-state index in [2.05, 4.69) is 182 Å². The number of hydrogen-bond donors (Lipinski definition) is 0. The van der Waals surface area contributed by atoms with Crippen LogP contribution >= 0.6 is 0 Å². The molecule has 292 valence electrons. The van der Waals surface area contributed by atoms with E-state index in [1.54, 1.807) is 0 Å². The Morgan fingerprint density at radius 1 is 0.459 bits per heavy atom. The number of benzene rings is 8. The fourth-order valence-corrected chi connectivity index (χ4v) is 10.8. The van der Waals surface area contributed by atoms with Crippen molar-refractivity contribution in [1.82, 2.24) is 19.1 Å². The van der Waals surface area contributed by atoms with Crippen LogP contribution in [0.15, 0.2) is 162 Å². The van der Waals surface area contributed by atoms with Gasteiger partial charge in [-0.25, -0.2) is 4.98 Å². The van der Waals surface area contributed by atoms with Gasteiger partial charge in [0.1, 0.15) is 5.58 Å². The number of fused-ring (bicyclic) bond motifs is 13. The SMILES string of the molecule is CC1(C)CCC(C)(C)c2cc3c(cc21)c1cc2c(cc1n3-c1ccccc1)c1c3ccccc3ccc1n2-c1nc(-c2cccc3ccccc23)c2c(n1)oc1ccccc12. The Morgan fingerprint density at radius 2 is 1.07 bits per heavy atom. The second-order valence-electron chi connectivity index (χ2n) is 18.4. The van der Waals surface area contributed by atoms with Crippen LogP contribution < -0.4 is 0 Å². The lowest BCUT2D eigenvalue weighted by molar-refractivity contribution is 0.332. The van der Waals surface area contributed by atoms with Gasteiger partial charge in [0.05, 0.1) is 33.1 Å². The van der Waals surface area contributed by atoms with Crippen molar-refractivity contribution >= 4 is 87.2 Å². The zero-order chi connectivity index (χ0) is 40.8. The normalized spacial score (nSPS) is 15.0. The molecule has 0 saturated carbocycles. The van der Waals surface area contributed by atoms with E-state index in [1.165, 1.54) is 49.1 Å². The molecule has 0 atom stereocenters. The van der Waals surface area contributed by atoms with Gasteiger partial charge in [0.2, 0.25) is 11.7 Å². The summed E-state index contributed by atoms with van der Waals surface area (Å²) < 4.78 is 11.4. The molecule has 1 aliphatic rings. The highest BCUT2D eigenvalue weighted by Crippen LogP contribution is 2.50. The van der Waals surface area contributed by atoms with Crippen molar-refractivity contribution < 1.29 is 4.42 Å². The minimum absolute atomic E-state index is 0.0615.